The Bertz CT molecular complexity index is 451. The first-order chi connectivity index (χ1) is 10.6. The summed E-state index contributed by atoms with van der Waals surface area (Å²) in [4.78, 5) is 24.1. The van der Waals surface area contributed by atoms with Crippen LogP contribution in [0.1, 0.15) is 31.2 Å². The molecule has 0 bridgehead atoms. The zero-order valence-corrected chi connectivity index (χ0v) is 12.7. The summed E-state index contributed by atoms with van der Waals surface area (Å²) in [5, 5.41) is 20.6. The molecule has 0 atom stereocenters. The van der Waals surface area contributed by atoms with Crippen molar-refractivity contribution < 1.29 is 19.8 Å². The van der Waals surface area contributed by atoms with E-state index in [0.717, 1.165) is 36.1 Å². The summed E-state index contributed by atoms with van der Waals surface area (Å²) >= 11 is 0. The van der Waals surface area contributed by atoms with Crippen molar-refractivity contribution in [3.8, 4) is 0 Å². The number of rotatable bonds is 10. The number of aliphatic hydroxyl groups excluding tert-OH is 1. The zero-order valence-electron chi connectivity index (χ0n) is 12.7. The Balaban J connectivity index is 2.30. The minimum absolute atomic E-state index is 0.166. The molecule has 0 saturated heterocycles. The number of nitrogens with zero attached hydrogens (tertiary/aromatic N) is 1. The van der Waals surface area contributed by atoms with E-state index in [4.69, 9.17) is 5.11 Å². The summed E-state index contributed by atoms with van der Waals surface area (Å²) < 4.78 is 0. The number of amides is 2. The van der Waals surface area contributed by atoms with Gasteiger partial charge in [-0.2, -0.15) is 0 Å². The summed E-state index contributed by atoms with van der Waals surface area (Å²) in [7, 11) is 0. The summed E-state index contributed by atoms with van der Waals surface area (Å²) in [6, 6.07) is 9.19. The molecule has 0 aromatic heterocycles. The van der Waals surface area contributed by atoms with Crippen LogP contribution in [0.5, 0.6) is 0 Å². The predicted octanol–water partition coefficient (Wildman–Crippen LogP) is 1.84. The first kappa shape index (κ1) is 18.0. The van der Waals surface area contributed by atoms with Crippen LogP contribution < -0.4 is 5.32 Å². The van der Waals surface area contributed by atoms with Crippen LogP contribution in [0.2, 0.25) is 0 Å². The molecular weight excluding hydrogens is 284 g/mol. The van der Waals surface area contributed by atoms with Crippen molar-refractivity contribution in [2.24, 2.45) is 0 Å². The number of nitrogens with one attached hydrogen (secondary N) is 1. The first-order valence-electron chi connectivity index (χ1n) is 7.53. The number of unbranched alkanes of at least 4 members (excludes halogenated alkanes) is 3. The molecule has 1 rings (SSSR count). The first-order valence-corrected chi connectivity index (χ1v) is 7.53. The van der Waals surface area contributed by atoms with Crippen LogP contribution in [-0.2, 0) is 11.3 Å². The Labute approximate surface area is 130 Å². The molecule has 1 aromatic carbocycles. The minimum atomic E-state index is -1.11. The van der Waals surface area contributed by atoms with Gasteiger partial charge < -0.3 is 15.5 Å². The maximum atomic E-state index is 11.8. The minimum Gasteiger partial charge on any atom is -0.465 e. The smallest absolute Gasteiger partial charge is 0.408 e. The van der Waals surface area contributed by atoms with Crippen molar-refractivity contribution in [3.63, 3.8) is 0 Å². The van der Waals surface area contributed by atoms with Gasteiger partial charge in [-0.15, -0.1) is 0 Å². The number of carboxylic acid groups (broad SMARTS) is 1. The van der Waals surface area contributed by atoms with Crippen LogP contribution >= 0.6 is 0 Å². The highest BCUT2D eigenvalue weighted by Crippen LogP contribution is 2.04. The van der Waals surface area contributed by atoms with Gasteiger partial charge in [0.15, 0.2) is 0 Å². The van der Waals surface area contributed by atoms with Gasteiger partial charge in [0.05, 0.1) is 0 Å². The average molecular weight is 308 g/mol. The maximum Gasteiger partial charge on any atom is 0.408 e. The summed E-state index contributed by atoms with van der Waals surface area (Å²) in [6.45, 7) is 0.753. The number of hydrogen-bond donors (Lipinski definition) is 3. The SMILES string of the molecule is O=C(CN(Cc1ccccc1)C(=O)O)NCCCCCCO. The maximum absolute atomic E-state index is 11.8. The molecular formula is C16H24N2O4. The Kier molecular flexibility index (Phi) is 8.67. The molecule has 6 nitrogen and oxygen atoms in total. The average Bonchev–Trinajstić information content (AvgIpc) is 2.51. The summed E-state index contributed by atoms with van der Waals surface area (Å²) in [5.74, 6) is -0.291. The molecule has 22 heavy (non-hydrogen) atoms. The Morgan fingerprint density at radius 2 is 1.73 bits per heavy atom. The van der Waals surface area contributed by atoms with Crippen LogP contribution in [0, 0.1) is 0 Å². The van der Waals surface area contributed by atoms with Crippen LogP contribution in [0.25, 0.3) is 0 Å². The van der Waals surface area contributed by atoms with E-state index in [1.54, 1.807) is 0 Å². The van der Waals surface area contributed by atoms with Gasteiger partial charge in [-0.05, 0) is 18.4 Å². The molecule has 0 aliphatic rings. The predicted molar refractivity (Wildman–Crippen MR) is 83.4 cm³/mol. The fourth-order valence-electron chi connectivity index (χ4n) is 2.04. The fraction of sp³-hybridized carbons (Fsp3) is 0.500. The number of carbonyl (C=O) groups excluding carboxylic acids is 1. The van der Waals surface area contributed by atoms with Gasteiger partial charge >= 0.3 is 6.09 Å². The van der Waals surface area contributed by atoms with E-state index in [1.165, 1.54) is 0 Å². The van der Waals surface area contributed by atoms with Gasteiger partial charge in [-0.25, -0.2) is 4.79 Å². The van der Waals surface area contributed by atoms with Gasteiger partial charge in [-0.3, -0.25) is 9.69 Å². The molecule has 3 N–H and O–H groups in total. The van der Waals surface area contributed by atoms with Crippen LogP contribution in [0.15, 0.2) is 30.3 Å². The number of hydrogen-bond acceptors (Lipinski definition) is 3. The Hall–Kier alpha value is -2.08. The van der Waals surface area contributed by atoms with Gasteiger partial charge in [0.1, 0.15) is 6.54 Å². The number of aliphatic hydroxyl groups is 1. The lowest BCUT2D eigenvalue weighted by atomic mass is 10.2. The van der Waals surface area contributed by atoms with Crippen molar-refractivity contribution in [2.75, 3.05) is 19.7 Å². The fourth-order valence-corrected chi connectivity index (χ4v) is 2.04. The largest absolute Gasteiger partial charge is 0.465 e. The van der Waals surface area contributed by atoms with E-state index in [9.17, 15) is 14.7 Å². The Morgan fingerprint density at radius 1 is 1.05 bits per heavy atom. The molecule has 1 aromatic rings. The van der Waals surface area contributed by atoms with Crippen molar-refractivity contribution in [1.29, 1.82) is 0 Å². The monoisotopic (exact) mass is 308 g/mol. The van der Waals surface area contributed by atoms with Crippen molar-refractivity contribution in [2.45, 2.75) is 32.2 Å². The molecule has 0 spiro atoms. The van der Waals surface area contributed by atoms with E-state index >= 15 is 0 Å². The quantitative estimate of drug-likeness (QED) is 0.575. The highest BCUT2D eigenvalue weighted by atomic mass is 16.4. The molecule has 0 aliphatic heterocycles. The standard InChI is InChI=1S/C16H24N2O4/c19-11-7-2-1-6-10-17-15(20)13-18(16(21)22)12-14-8-4-3-5-9-14/h3-5,8-9,19H,1-2,6-7,10-13H2,(H,17,20)(H,21,22). The van der Waals surface area contributed by atoms with Gasteiger partial charge in [-0.1, -0.05) is 43.2 Å². The highest BCUT2D eigenvalue weighted by molar-refractivity contribution is 5.81. The van der Waals surface area contributed by atoms with Crippen molar-refractivity contribution >= 4 is 12.0 Å². The summed E-state index contributed by atoms with van der Waals surface area (Å²) in [5.41, 5.74) is 0.849. The Morgan fingerprint density at radius 3 is 2.36 bits per heavy atom. The second kappa shape index (κ2) is 10.6. The summed E-state index contributed by atoms with van der Waals surface area (Å²) in [6.07, 6.45) is 2.37. The molecule has 122 valence electrons. The van der Waals surface area contributed by atoms with E-state index in [-0.39, 0.29) is 25.6 Å². The van der Waals surface area contributed by atoms with Crippen LogP contribution in [-0.4, -0.2) is 46.8 Å². The number of benzene rings is 1. The molecule has 0 aliphatic carbocycles. The normalized spacial score (nSPS) is 10.2. The topological polar surface area (TPSA) is 89.9 Å². The lowest BCUT2D eigenvalue weighted by Gasteiger charge is -2.18. The lowest BCUT2D eigenvalue weighted by molar-refractivity contribution is -0.122. The van der Waals surface area contributed by atoms with E-state index < -0.39 is 6.09 Å². The van der Waals surface area contributed by atoms with Gasteiger partial charge in [0, 0.05) is 19.7 Å². The second-order valence-electron chi connectivity index (χ2n) is 5.11. The van der Waals surface area contributed by atoms with E-state index in [1.807, 2.05) is 30.3 Å². The van der Waals surface area contributed by atoms with E-state index in [0.29, 0.717) is 6.54 Å². The van der Waals surface area contributed by atoms with Crippen LogP contribution in [0.3, 0.4) is 0 Å². The van der Waals surface area contributed by atoms with Crippen LogP contribution in [0.4, 0.5) is 4.79 Å². The van der Waals surface area contributed by atoms with Gasteiger partial charge in [0.2, 0.25) is 5.91 Å². The molecule has 2 amide bonds. The van der Waals surface area contributed by atoms with Gasteiger partial charge in [0.25, 0.3) is 0 Å². The zero-order chi connectivity index (χ0) is 16.2. The molecule has 0 radical (unpaired) electrons. The molecule has 0 saturated carbocycles. The second-order valence-corrected chi connectivity index (χ2v) is 5.11. The lowest BCUT2D eigenvalue weighted by Crippen LogP contribution is -2.39. The molecule has 6 heteroatoms. The third-order valence-electron chi connectivity index (χ3n) is 3.23. The van der Waals surface area contributed by atoms with Crippen molar-refractivity contribution in [3.05, 3.63) is 35.9 Å². The molecule has 0 fully saturated rings. The third-order valence-corrected chi connectivity index (χ3v) is 3.23. The van der Waals surface area contributed by atoms with E-state index in [2.05, 4.69) is 5.32 Å². The molecule has 0 heterocycles. The molecule has 0 unspecified atom stereocenters. The highest BCUT2D eigenvalue weighted by Gasteiger charge is 2.16. The van der Waals surface area contributed by atoms with Crippen molar-refractivity contribution in [1.82, 2.24) is 10.2 Å². The number of carbonyl (C=O) groups is 2. The third kappa shape index (κ3) is 7.64.